The lowest BCUT2D eigenvalue weighted by Crippen LogP contribution is -2.11. The molecule has 8 heavy (non-hydrogen) atoms. The molecule has 0 spiro atoms. The van der Waals surface area contributed by atoms with Gasteiger partial charge in [0.2, 0.25) is 6.36 Å². The highest BCUT2D eigenvalue weighted by Gasteiger charge is 2.00. The van der Waals surface area contributed by atoms with Crippen molar-refractivity contribution in [2.45, 2.75) is 13.3 Å². The molecule has 0 aromatic rings. The lowest BCUT2D eigenvalue weighted by atomic mass is 10.7. The van der Waals surface area contributed by atoms with Crippen LogP contribution >= 0.6 is 0 Å². The smallest absolute Gasteiger partial charge is 0.222 e. The minimum Gasteiger partial charge on any atom is -0.376 e. The van der Waals surface area contributed by atoms with Crippen LogP contribution in [0.3, 0.4) is 0 Å². The summed E-state index contributed by atoms with van der Waals surface area (Å²) in [6.45, 7) is 2.37. The van der Waals surface area contributed by atoms with Crippen molar-refractivity contribution >= 4 is 0 Å². The highest BCUT2D eigenvalue weighted by Crippen LogP contribution is 1.90. The van der Waals surface area contributed by atoms with Gasteiger partial charge in [-0.3, -0.25) is 0 Å². The summed E-state index contributed by atoms with van der Waals surface area (Å²) in [6.07, 6.45) is -1.27. The summed E-state index contributed by atoms with van der Waals surface area (Å²) < 4.78 is 20.9. The first kappa shape index (κ1) is 7.85. The lowest BCUT2D eigenvalue weighted by molar-refractivity contribution is -0.0637. The van der Waals surface area contributed by atoms with Crippen LogP contribution in [-0.4, -0.2) is 26.7 Å². The standard InChI is InChI=1S/C5H11FO2/c1-3-8-4-5(6)7-2/h5H,3-4H2,1-2H3. The molecule has 0 heterocycles. The van der Waals surface area contributed by atoms with Crippen LogP contribution < -0.4 is 0 Å². The third kappa shape index (κ3) is 4.02. The van der Waals surface area contributed by atoms with E-state index in [4.69, 9.17) is 0 Å². The third-order valence-electron chi connectivity index (χ3n) is 0.709. The van der Waals surface area contributed by atoms with Gasteiger partial charge >= 0.3 is 0 Å². The summed E-state index contributed by atoms with van der Waals surface area (Å²) in [5.74, 6) is 0. The SMILES string of the molecule is CCOCC(F)OC. The Labute approximate surface area is 48.6 Å². The number of ether oxygens (including phenoxy) is 2. The molecule has 50 valence electrons. The molecule has 0 aliphatic heterocycles. The van der Waals surface area contributed by atoms with Crippen LogP contribution in [0.25, 0.3) is 0 Å². The predicted octanol–water partition coefficient (Wildman–Crippen LogP) is 0.965. The van der Waals surface area contributed by atoms with E-state index in [0.717, 1.165) is 0 Å². The monoisotopic (exact) mass is 122 g/mol. The van der Waals surface area contributed by atoms with Gasteiger partial charge in [0.05, 0.1) is 0 Å². The number of methoxy groups -OCH3 is 1. The highest BCUT2D eigenvalue weighted by atomic mass is 19.1. The van der Waals surface area contributed by atoms with Crippen LogP contribution in [0.2, 0.25) is 0 Å². The molecule has 0 saturated carbocycles. The first-order chi connectivity index (χ1) is 3.81. The minimum absolute atomic E-state index is 0.0347. The van der Waals surface area contributed by atoms with E-state index in [9.17, 15) is 4.39 Å². The van der Waals surface area contributed by atoms with Gasteiger partial charge in [-0.05, 0) is 6.92 Å². The normalized spacial score (nSPS) is 13.9. The molecule has 1 atom stereocenters. The van der Waals surface area contributed by atoms with Crippen molar-refractivity contribution in [1.29, 1.82) is 0 Å². The molecular formula is C5H11FO2. The maximum atomic E-state index is 12.0. The Balaban J connectivity index is 2.86. The summed E-state index contributed by atoms with van der Waals surface area (Å²) in [4.78, 5) is 0. The quantitative estimate of drug-likeness (QED) is 0.553. The molecule has 1 unspecified atom stereocenters. The summed E-state index contributed by atoms with van der Waals surface area (Å²) in [6, 6.07) is 0. The Morgan fingerprint density at radius 2 is 2.25 bits per heavy atom. The number of hydrogen-bond donors (Lipinski definition) is 0. The largest absolute Gasteiger partial charge is 0.376 e. The van der Waals surface area contributed by atoms with Gasteiger partial charge in [-0.15, -0.1) is 0 Å². The second-order valence-corrected chi connectivity index (χ2v) is 1.31. The lowest BCUT2D eigenvalue weighted by Gasteiger charge is -2.03. The first-order valence-electron chi connectivity index (χ1n) is 2.55. The van der Waals surface area contributed by atoms with Crippen molar-refractivity contribution in [3.8, 4) is 0 Å². The topological polar surface area (TPSA) is 18.5 Å². The zero-order valence-electron chi connectivity index (χ0n) is 5.19. The van der Waals surface area contributed by atoms with E-state index in [-0.39, 0.29) is 6.61 Å². The first-order valence-corrected chi connectivity index (χ1v) is 2.55. The van der Waals surface area contributed by atoms with E-state index in [0.29, 0.717) is 6.61 Å². The molecule has 0 rings (SSSR count). The van der Waals surface area contributed by atoms with Crippen LogP contribution in [0.5, 0.6) is 0 Å². The number of alkyl halides is 1. The molecule has 0 aromatic carbocycles. The Bertz CT molecular complexity index is 49.7. The van der Waals surface area contributed by atoms with Crippen molar-refractivity contribution in [3.05, 3.63) is 0 Å². The Morgan fingerprint density at radius 3 is 2.62 bits per heavy atom. The van der Waals surface area contributed by atoms with Crippen molar-refractivity contribution in [1.82, 2.24) is 0 Å². The molecule has 2 nitrogen and oxygen atoms in total. The molecular weight excluding hydrogens is 111 g/mol. The fourth-order valence-corrected chi connectivity index (χ4v) is 0.279. The maximum Gasteiger partial charge on any atom is 0.222 e. The van der Waals surface area contributed by atoms with E-state index < -0.39 is 6.36 Å². The zero-order valence-corrected chi connectivity index (χ0v) is 5.19. The zero-order chi connectivity index (χ0) is 6.41. The van der Waals surface area contributed by atoms with E-state index in [1.54, 1.807) is 0 Å². The average Bonchev–Trinajstić information content (AvgIpc) is 1.83. The van der Waals surface area contributed by atoms with Crippen LogP contribution in [0.4, 0.5) is 4.39 Å². The summed E-state index contributed by atoms with van der Waals surface area (Å²) in [5, 5.41) is 0. The van der Waals surface area contributed by atoms with Gasteiger partial charge < -0.3 is 9.47 Å². The van der Waals surface area contributed by atoms with Gasteiger partial charge in [-0.2, -0.15) is 0 Å². The van der Waals surface area contributed by atoms with E-state index in [1.165, 1.54) is 7.11 Å². The van der Waals surface area contributed by atoms with Crippen molar-refractivity contribution < 1.29 is 13.9 Å². The van der Waals surface area contributed by atoms with Crippen LogP contribution in [0.15, 0.2) is 0 Å². The number of hydrogen-bond acceptors (Lipinski definition) is 2. The fourth-order valence-electron chi connectivity index (χ4n) is 0.279. The molecule has 0 radical (unpaired) electrons. The Morgan fingerprint density at radius 1 is 1.62 bits per heavy atom. The molecule has 3 heteroatoms. The summed E-state index contributed by atoms with van der Waals surface area (Å²) >= 11 is 0. The van der Waals surface area contributed by atoms with Gasteiger partial charge in [0, 0.05) is 13.7 Å². The number of halogens is 1. The van der Waals surface area contributed by atoms with Crippen molar-refractivity contribution in [3.63, 3.8) is 0 Å². The Hall–Kier alpha value is -0.150. The van der Waals surface area contributed by atoms with E-state index in [2.05, 4.69) is 9.47 Å². The maximum absolute atomic E-state index is 12.0. The van der Waals surface area contributed by atoms with Crippen LogP contribution in [-0.2, 0) is 9.47 Å². The van der Waals surface area contributed by atoms with Crippen LogP contribution in [0, 0.1) is 0 Å². The Kier molecular flexibility index (Phi) is 4.90. The fraction of sp³-hybridized carbons (Fsp3) is 1.00. The van der Waals surface area contributed by atoms with E-state index in [1.807, 2.05) is 6.92 Å². The molecule has 0 fully saturated rings. The second-order valence-electron chi connectivity index (χ2n) is 1.31. The molecule has 0 aliphatic carbocycles. The molecule has 0 amide bonds. The molecule has 0 N–H and O–H groups in total. The van der Waals surface area contributed by atoms with Gasteiger partial charge in [0.15, 0.2) is 0 Å². The van der Waals surface area contributed by atoms with Gasteiger partial charge in [-0.25, -0.2) is 4.39 Å². The van der Waals surface area contributed by atoms with Crippen LogP contribution in [0.1, 0.15) is 6.92 Å². The summed E-state index contributed by atoms with van der Waals surface area (Å²) in [5.41, 5.74) is 0. The highest BCUT2D eigenvalue weighted by molar-refractivity contribution is 4.32. The number of rotatable bonds is 4. The van der Waals surface area contributed by atoms with Crippen molar-refractivity contribution in [2.75, 3.05) is 20.3 Å². The second kappa shape index (κ2) is 5.00. The van der Waals surface area contributed by atoms with Gasteiger partial charge in [0.25, 0.3) is 0 Å². The average molecular weight is 122 g/mol. The molecule has 0 aromatic heterocycles. The summed E-state index contributed by atoms with van der Waals surface area (Å²) in [7, 11) is 1.31. The van der Waals surface area contributed by atoms with Gasteiger partial charge in [-0.1, -0.05) is 0 Å². The van der Waals surface area contributed by atoms with Crippen molar-refractivity contribution in [2.24, 2.45) is 0 Å². The van der Waals surface area contributed by atoms with Gasteiger partial charge in [0.1, 0.15) is 6.61 Å². The molecule has 0 bridgehead atoms. The third-order valence-corrected chi connectivity index (χ3v) is 0.709. The van der Waals surface area contributed by atoms with E-state index >= 15 is 0 Å². The minimum atomic E-state index is -1.27. The predicted molar refractivity (Wildman–Crippen MR) is 28.4 cm³/mol. The molecule has 0 saturated heterocycles. The molecule has 0 aliphatic rings.